The largest absolute Gasteiger partial charge is 0.472 e. The van der Waals surface area contributed by atoms with E-state index in [0.29, 0.717) is 19.3 Å². The van der Waals surface area contributed by atoms with Crippen LogP contribution in [0.15, 0.2) is 97.2 Å². The monoisotopic (exact) mass is 1080 g/mol. The van der Waals surface area contributed by atoms with Crippen LogP contribution >= 0.6 is 7.82 Å². The molecule has 0 aromatic carbocycles. The van der Waals surface area contributed by atoms with Gasteiger partial charge in [0.2, 0.25) is 0 Å². The lowest BCUT2D eigenvalue weighted by Crippen LogP contribution is -2.30. The van der Waals surface area contributed by atoms with Crippen molar-refractivity contribution in [2.45, 2.75) is 264 Å². The van der Waals surface area contributed by atoms with E-state index in [4.69, 9.17) is 23.3 Å². The van der Waals surface area contributed by atoms with Crippen LogP contribution < -0.4 is 0 Å². The molecule has 11 nitrogen and oxygen atoms in total. The SMILES string of the molecule is CC/C=C\C/C=C\C/C=C\C/C=C\C/C=C\C/C=C\CCC(=O)OCC(COP(=O)(O)OCC(CO)OC(=O)CCCCCCCCCCCCC)OC(=O)CCCCCCCCCCC/C=C\C/C=C\CCCCC. The van der Waals surface area contributed by atoms with Crippen molar-refractivity contribution >= 4 is 25.7 Å². The fourth-order valence-corrected chi connectivity index (χ4v) is 8.73. The van der Waals surface area contributed by atoms with E-state index in [1.54, 1.807) is 0 Å². The van der Waals surface area contributed by atoms with E-state index in [1.165, 1.54) is 96.3 Å². The number of aliphatic hydroxyl groups excluding tert-OH is 1. The van der Waals surface area contributed by atoms with Gasteiger partial charge < -0.3 is 24.2 Å². The molecule has 12 heteroatoms. The Morgan fingerprint density at radius 2 is 0.711 bits per heavy atom. The number of esters is 3. The summed E-state index contributed by atoms with van der Waals surface area (Å²) < 4.78 is 39.5. The second kappa shape index (κ2) is 57.6. The first-order valence-corrected chi connectivity index (χ1v) is 31.6. The molecule has 0 aliphatic rings. The number of allylic oxidation sites excluding steroid dienone is 16. The predicted molar refractivity (Wildman–Crippen MR) is 316 cm³/mol. The number of hydrogen-bond acceptors (Lipinski definition) is 10. The normalized spacial score (nSPS) is 14.0. The molecule has 0 aromatic rings. The molecule has 3 atom stereocenters. The fourth-order valence-electron chi connectivity index (χ4n) is 7.94. The van der Waals surface area contributed by atoms with Gasteiger partial charge in [-0.2, -0.15) is 0 Å². The van der Waals surface area contributed by atoms with Gasteiger partial charge in [-0.05, 0) is 89.9 Å². The molecule has 76 heavy (non-hydrogen) atoms. The van der Waals surface area contributed by atoms with Crippen molar-refractivity contribution in [3.63, 3.8) is 0 Å². The van der Waals surface area contributed by atoms with E-state index in [2.05, 4.69) is 106 Å². The number of phosphoric acid groups is 1. The Morgan fingerprint density at radius 1 is 0.382 bits per heavy atom. The Labute approximate surface area is 463 Å². The molecule has 0 aliphatic heterocycles. The summed E-state index contributed by atoms with van der Waals surface area (Å²) in [6.45, 7) is 4.42. The number of phosphoric ester groups is 1. The van der Waals surface area contributed by atoms with Gasteiger partial charge in [0, 0.05) is 19.3 Å². The average Bonchev–Trinajstić information content (AvgIpc) is 3.41. The molecule has 0 aliphatic carbocycles. The van der Waals surface area contributed by atoms with Crippen LogP contribution in [0.25, 0.3) is 0 Å². The Kier molecular flexibility index (Phi) is 54.8. The molecule has 2 N–H and O–H groups in total. The van der Waals surface area contributed by atoms with Crippen molar-refractivity contribution in [2.24, 2.45) is 0 Å². The predicted octanol–water partition coefficient (Wildman–Crippen LogP) is 18.0. The summed E-state index contributed by atoms with van der Waals surface area (Å²) in [5.74, 6) is -1.57. The molecule has 0 heterocycles. The van der Waals surface area contributed by atoms with Crippen molar-refractivity contribution < 1.29 is 52.2 Å². The number of carbonyl (C=O) groups excluding carboxylic acids is 3. The number of aliphatic hydroxyl groups is 1. The number of rotatable bonds is 55. The smallest absolute Gasteiger partial charge is 0.462 e. The van der Waals surface area contributed by atoms with Crippen LogP contribution in [0.5, 0.6) is 0 Å². The minimum absolute atomic E-state index is 0.0977. The minimum atomic E-state index is -4.77. The lowest BCUT2D eigenvalue weighted by Gasteiger charge is -2.21. The summed E-state index contributed by atoms with van der Waals surface area (Å²) in [5.41, 5.74) is 0. The van der Waals surface area contributed by atoms with Crippen molar-refractivity contribution in [3.05, 3.63) is 97.2 Å². The Balaban J connectivity index is 4.83. The summed E-state index contributed by atoms with van der Waals surface area (Å²) in [6, 6.07) is 0. The van der Waals surface area contributed by atoms with E-state index in [1.807, 2.05) is 12.2 Å². The van der Waals surface area contributed by atoms with Gasteiger partial charge in [-0.1, -0.05) is 240 Å². The van der Waals surface area contributed by atoms with E-state index in [-0.39, 0.29) is 25.9 Å². The zero-order valence-electron chi connectivity index (χ0n) is 48.2. The average molecular weight is 1090 g/mol. The molecule has 0 radical (unpaired) electrons. The van der Waals surface area contributed by atoms with Crippen LogP contribution in [0.1, 0.15) is 252 Å². The van der Waals surface area contributed by atoms with Crippen LogP contribution in [-0.4, -0.2) is 66.5 Å². The Hall–Kier alpha value is -3.60. The summed E-state index contributed by atoms with van der Waals surface area (Å²) in [6.07, 6.45) is 68.1. The minimum Gasteiger partial charge on any atom is -0.462 e. The highest BCUT2D eigenvalue weighted by Gasteiger charge is 2.28. The van der Waals surface area contributed by atoms with Crippen molar-refractivity contribution in [1.82, 2.24) is 0 Å². The van der Waals surface area contributed by atoms with Crippen LogP contribution in [-0.2, 0) is 42.2 Å². The van der Waals surface area contributed by atoms with Crippen molar-refractivity contribution in [2.75, 3.05) is 26.4 Å². The molecule has 436 valence electrons. The Morgan fingerprint density at radius 3 is 1.13 bits per heavy atom. The van der Waals surface area contributed by atoms with Gasteiger partial charge >= 0.3 is 25.7 Å². The highest BCUT2D eigenvalue weighted by atomic mass is 31.2. The summed E-state index contributed by atoms with van der Waals surface area (Å²) in [5, 5.41) is 9.80. The molecule has 0 rings (SSSR count). The first kappa shape index (κ1) is 72.4. The van der Waals surface area contributed by atoms with E-state index in [9.17, 15) is 28.9 Å². The van der Waals surface area contributed by atoms with Gasteiger partial charge in [-0.25, -0.2) is 4.57 Å². The molecule has 0 bridgehead atoms. The standard InChI is InChI=1S/C64H109O11P/c1-4-7-10-13-16-19-22-24-26-28-30-32-34-36-39-41-44-47-50-53-62(66)71-57-61(75-64(68)55-52-49-46-43-40-37-35-33-31-29-27-25-23-20-17-14-11-8-5-2)59-73-76(69,70)72-58-60(56-65)74-63(67)54-51-48-45-42-38-21-18-15-12-9-6-3/h7,10,16-17,19-20,24-27,30,32,36,39,44,47,60-61,65H,4-6,8-9,11-15,18,21-23,28-29,31,33-35,37-38,40-43,45-46,48-59H2,1-3H3,(H,69,70)/b10-7-,19-16-,20-17-,26-24-,27-25-,32-30-,39-36-,47-44-. The fraction of sp³-hybridized carbons (Fsp3) is 0.703. The molecule has 0 spiro atoms. The third-order valence-corrected chi connectivity index (χ3v) is 13.5. The van der Waals surface area contributed by atoms with Gasteiger partial charge in [0.25, 0.3) is 0 Å². The lowest BCUT2D eigenvalue weighted by molar-refractivity contribution is -0.161. The first-order chi connectivity index (χ1) is 37.2. The summed E-state index contributed by atoms with van der Waals surface area (Å²) in [7, 11) is -4.77. The highest BCUT2D eigenvalue weighted by molar-refractivity contribution is 7.47. The lowest BCUT2D eigenvalue weighted by atomic mass is 10.1. The number of carbonyl (C=O) groups is 3. The molecule has 0 aromatic heterocycles. The van der Waals surface area contributed by atoms with E-state index < -0.39 is 57.8 Å². The second-order valence-corrected chi connectivity index (χ2v) is 21.2. The summed E-state index contributed by atoms with van der Waals surface area (Å²) >= 11 is 0. The van der Waals surface area contributed by atoms with Gasteiger partial charge in [0.15, 0.2) is 6.10 Å². The summed E-state index contributed by atoms with van der Waals surface area (Å²) in [4.78, 5) is 48.5. The molecule has 0 amide bonds. The zero-order chi connectivity index (χ0) is 55.5. The molecule has 0 fully saturated rings. The first-order valence-electron chi connectivity index (χ1n) is 30.1. The number of unbranched alkanes of at least 4 members (excludes halogenated alkanes) is 22. The van der Waals surface area contributed by atoms with Crippen LogP contribution in [0, 0.1) is 0 Å². The van der Waals surface area contributed by atoms with E-state index >= 15 is 0 Å². The van der Waals surface area contributed by atoms with E-state index in [0.717, 1.165) is 96.3 Å². The maximum absolute atomic E-state index is 12.9. The van der Waals surface area contributed by atoms with Gasteiger partial charge in [0.1, 0.15) is 12.7 Å². The second-order valence-electron chi connectivity index (χ2n) is 19.8. The molecule has 3 unspecified atom stereocenters. The maximum Gasteiger partial charge on any atom is 0.472 e. The van der Waals surface area contributed by atoms with Crippen molar-refractivity contribution in [1.29, 1.82) is 0 Å². The third-order valence-electron chi connectivity index (χ3n) is 12.5. The molecule has 0 saturated heterocycles. The molecular formula is C64H109O11P. The van der Waals surface area contributed by atoms with Crippen LogP contribution in [0.2, 0.25) is 0 Å². The number of ether oxygens (including phenoxy) is 3. The number of hydrogen-bond donors (Lipinski definition) is 2. The topological polar surface area (TPSA) is 155 Å². The van der Waals surface area contributed by atoms with Gasteiger partial charge in [0.05, 0.1) is 19.8 Å². The maximum atomic E-state index is 12.9. The Bertz CT molecular complexity index is 1640. The quantitative estimate of drug-likeness (QED) is 0.0197. The van der Waals surface area contributed by atoms with Gasteiger partial charge in [-0.15, -0.1) is 0 Å². The molecule has 0 saturated carbocycles. The van der Waals surface area contributed by atoms with Crippen molar-refractivity contribution in [3.8, 4) is 0 Å². The third kappa shape index (κ3) is 55.2. The van der Waals surface area contributed by atoms with Crippen LogP contribution in [0.4, 0.5) is 0 Å². The molecular weight excluding hydrogens is 976 g/mol. The highest BCUT2D eigenvalue weighted by Crippen LogP contribution is 2.43. The van der Waals surface area contributed by atoms with Crippen LogP contribution in [0.3, 0.4) is 0 Å². The zero-order valence-corrected chi connectivity index (χ0v) is 49.1. The van der Waals surface area contributed by atoms with Gasteiger partial charge in [-0.3, -0.25) is 23.4 Å².